The maximum absolute atomic E-state index is 15.4. The molecule has 0 spiro atoms. The molecule has 1 aliphatic heterocycles. The first-order valence-electron chi connectivity index (χ1n) is 8.22. The van der Waals surface area contributed by atoms with Crippen molar-refractivity contribution in [3.63, 3.8) is 0 Å². The third kappa shape index (κ3) is 3.12. The number of rotatable bonds is 2. The number of nitrogens with two attached hydrogens (primary N) is 1. The van der Waals surface area contributed by atoms with Crippen LogP contribution in [0, 0.1) is 11.6 Å². The van der Waals surface area contributed by atoms with E-state index in [4.69, 9.17) is 22.1 Å². The molecule has 1 aromatic heterocycles. The molecule has 0 fully saturated rings. The first-order valence-corrected chi connectivity index (χ1v) is 8.60. The van der Waals surface area contributed by atoms with Gasteiger partial charge < -0.3 is 10.5 Å². The molecule has 1 atom stereocenters. The molecule has 3 rings (SSSR count). The van der Waals surface area contributed by atoms with Gasteiger partial charge in [-0.1, -0.05) is 11.6 Å². The number of halogens is 5. The van der Waals surface area contributed by atoms with E-state index < -0.39 is 34.3 Å². The summed E-state index contributed by atoms with van der Waals surface area (Å²) in [7, 11) is 0. The van der Waals surface area contributed by atoms with E-state index in [9.17, 15) is 8.78 Å². The predicted octanol–water partition coefficient (Wildman–Crippen LogP) is 4.09. The third-order valence-corrected chi connectivity index (χ3v) is 4.95. The van der Waals surface area contributed by atoms with Crippen LogP contribution >= 0.6 is 11.6 Å². The van der Waals surface area contributed by atoms with Gasteiger partial charge >= 0.3 is 5.92 Å². The molecule has 0 saturated carbocycles. The van der Waals surface area contributed by atoms with Crippen LogP contribution in [0.25, 0.3) is 11.4 Å². The Kier molecular flexibility index (Phi) is 4.87. The highest BCUT2D eigenvalue weighted by atomic mass is 35.5. The van der Waals surface area contributed by atoms with E-state index >= 15 is 8.78 Å². The zero-order valence-electron chi connectivity index (χ0n) is 15.2. The zero-order chi connectivity index (χ0) is 20.9. The molecule has 0 bridgehead atoms. The fourth-order valence-electron chi connectivity index (χ4n) is 3.09. The summed E-state index contributed by atoms with van der Waals surface area (Å²) in [5, 5.41) is 0.199. The number of aromatic nitrogens is 2. The van der Waals surface area contributed by atoms with Crippen molar-refractivity contribution in [2.75, 3.05) is 6.61 Å². The molecule has 0 aliphatic carbocycles. The van der Waals surface area contributed by atoms with E-state index in [-0.39, 0.29) is 28.9 Å². The summed E-state index contributed by atoms with van der Waals surface area (Å²) in [5.74, 6) is -6.29. The molecule has 5 nitrogen and oxygen atoms in total. The van der Waals surface area contributed by atoms with Crippen LogP contribution in [0.2, 0.25) is 5.02 Å². The lowest BCUT2D eigenvalue weighted by molar-refractivity contribution is -0.214. The highest BCUT2D eigenvalue weighted by Crippen LogP contribution is 2.51. The van der Waals surface area contributed by atoms with Gasteiger partial charge in [0.25, 0.3) is 0 Å². The van der Waals surface area contributed by atoms with E-state index in [1.54, 1.807) is 0 Å². The zero-order valence-corrected chi connectivity index (χ0v) is 16.0. The second kappa shape index (κ2) is 6.66. The smallest absolute Gasteiger partial charge is 0.304 e. The quantitative estimate of drug-likeness (QED) is 0.748. The summed E-state index contributed by atoms with van der Waals surface area (Å²) in [6.07, 6.45) is 2.42. The van der Waals surface area contributed by atoms with Crippen molar-refractivity contribution in [2.45, 2.75) is 37.8 Å². The Bertz CT molecular complexity index is 949. The van der Waals surface area contributed by atoms with Crippen molar-refractivity contribution in [3.8, 4) is 11.4 Å². The van der Waals surface area contributed by atoms with Gasteiger partial charge in [0.05, 0.1) is 10.6 Å². The topological polar surface area (TPSA) is 73.4 Å². The molecule has 150 valence electrons. The molecular weight excluding hydrogens is 400 g/mol. The lowest BCUT2D eigenvalue weighted by atomic mass is 9.77. The maximum Gasteiger partial charge on any atom is 0.304 e. The van der Waals surface area contributed by atoms with E-state index in [0.717, 1.165) is 26.8 Å². The highest BCUT2D eigenvalue weighted by molar-refractivity contribution is 6.30. The normalized spacial score (nSPS) is 23.8. The highest BCUT2D eigenvalue weighted by Gasteiger charge is 2.64. The van der Waals surface area contributed by atoms with Crippen LogP contribution in [0.5, 0.6) is 0 Å². The predicted molar refractivity (Wildman–Crippen MR) is 96.3 cm³/mol. The van der Waals surface area contributed by atoms with Crippen molar-refractivity contribution < 1.29 is 22.3 Å². The minimum Gasteiger partial charge on any atom is -0.385 e. The van der Waals surface area contributed by atoms with Crippen LogP contribution in [-0.2, 0) is 10.3 Å². The third-order valence-electron chi connectivity index (χ3n) is 4.76. The molecule has 0 radical (unpaired) electrons. The molecule has 10 heteroatoms. The van der Waals surface area contributed by atoms with Gasteiger partial charge in [-0.15, -0.1) is 0 Å². The van der Waals surface area contributed by atoms with Gasteiger partial charge in [-0.05, 0) is 26.8 Å². The second-order valence-corrected chi connectivity index (χ2v) is 7.52. The summed E-state index contributed by atoms with van der Waals surface area (Å²) in [6.45, 7) is 2.99. The van der Waals surface area contributed by atoms with Gasteiger partial charge in [-0.3, -0.25) is 4.99 Å². The minimum atomic E-state index is -3.70. The summed E-state index contributed by atoms with van der Waals surface area (Å²) >= 11 is 5.72. The first-order chi connectivity index (χ1) is 12.9. The lowest BCUT2D eigenvalue weighted by Gasteiger charge is -2.42. The molecule has 0 saturated heterocycles. The largest absolute Gasteiger partial charge is 0.385 e. The van der Waals surface area contributed by atoms with Crippen molar-refractivity contribution >= 4 is 17.4 Å². The van der Waals surface area contributed by atoms with Crippen molar-refractivity contribution in [1.29, 1.82) is 0 Å². The van der Waals surface area contributed by atoms with Gasteiger partial charge in [0.1, 0.15) is 29.7 Å². The van der Waals surface area contributed by atoms with Crippen LogP contribution in [-0.4, -0.2) is 33.9 Å². The molecule has 0 amide bonds. The van der Waals surface area contributed by atoms with Crippen molar-refractivity contribution in [1.82, 2.24) is 9.97 Å². The van der Waals surface area contributed by atoms with E-state index in [1.807, 2.05) is 0 Å². The van der Waals surface area contributed by atoms with Gasteiger partial charge in [0, 0.05) is 24.0 Å². The molecular formula is C18H17ClF4N4O. The molecule has 2 N–H and O–H groups in total. The minimum absolute atomic E-state index is 0.142. The summed E-state index contributed by atoms with van der Waals surface area (Å²) < 4.78 is 65.1. The van der Waals surface area contributed by atoms with Gasteiger partial charge in [-0.2, -0.15) is 0 Å². The molecule has 1 unspecified atom stereocenters. The summed E-state index contributed by atoms with van der Waals surface area (Å²) in [4.78, 5) is 11.6. The Morgan fingerprint density at radius 1 is 1.07 bits per heavy atom. The van der Waals surface area contributed by atoms with Crippen LogP contribution in [0.4, 0.5) is 17.6 Å². The van der Waals surface area contributed by atoms with Crippen LogP contribution in [0.3, 0.4) is 0 Å². The SMILES string of the molecule is CC1(C)OCC(N)=NC(C)(c2cc(-c3ncc(Cl)cn3)c(F)cc2F)C1(F)F. The Morgan fingerprint density at radius 2 is 1.68 bits per heavy atom. The fraction of sp³-hybridized carbons (Fsp3) is 0.389. The van der Waals surface area contributed by atoms with Gasteiger partial charge in [0.15, 0.2) is 11.4 Å². The van der Waals surface area contributed by atoms with Crippen molar-refractivity contribution in [3.05, 3.63) is 46.7 Å². The number of amidine groups is 1. The number of nitrogens with zero attached hydrogens (tertiary/aromatic N) is 3. The van der Waals surface area contributed by atoms with Crippen LogP contribution in [0.15, 0.2) is 29.5 Å². The number of hydrogen-bond acceptors (Lipinski definition) is 5. The van der Waals surface area contributed by atoms with Crippen LogP contribution in [0.1, 0.15) is 26.3 Å². The molecule has 2 heterocycles. The van der Waals surface area contributed by atoms with E-state index in [2.05, 4.69) is 15.0 Å². The lowest BCUT2D eigenvalue weighted by Crippen LogP contribution is -2.56. The number of hydrogen-bond donors (Lipinski definition) is 1. The summed E-state index contributed by atoms with van der Waals surface area (Å²) in [6, 6.07) is 1.41. The monoisotopic (exact) mass is 416 g/mol. The second-order valence-electron chi connectivity index (χ2n) is 7.09. The Labute approximate surface area is 163 Å². The number of aliphatic imine (C=N–C) groups is 1. The molecule has 1 aromatic carbocycles. The first kappa shape index (κ1) is 20.5. The van der Waals surface area contributed by atoms with Crippen molar-refractivity contribution in [2.24, 2.45) is 10.7 Å². The molecule has 28 heavy (non-hydrogen) atoms. The number of ether oxygens (including phenoxy) is 1. The average Bonchev–Trinajstić information content (AvgIpc) is 2.65. The van der Waals surface area contributed by atoms with Gasteiger partial charge in [0.2, 0.25) is 0 Å². The maximum atomic E-state index is 15.4. The van der Waals surface area contributed by atoms with E-state index in [0.29, 0.717) is 6.07 Å². The Morgan fingerprint density at radius 3 is 2.29 bits per heavy atom. The molecule has 1 aliphatic rings. The summed E-state index contributed by atoms with van der Waals surface area (Å²) in [5.41, 5.74) is 0.368. The standard InChI is InChI=1S/C18H17ClF4N4O/c1-16(2)18(22,23)17(3,27-14(24)8-28-16)11-4-10(12(20)5-13(11)21)15-25-6-9(19)7-26-15/h4-7H,8H2,1-3H3,(H2,24,27). The Balaban J connectivity index is 2.28. The van der Waals surface area contributed by atoms with Crippen LogP contribution < -0.4 is 5.73 Å². The average molecular weight is 417 g/mol. The fourth-order valence-corrected chi connectivity index (χ4v) is 3.19. The number of benzene rings is 1. The Hall–Kier alpha value is -2.26. The van der Waals surface area contributed by atoms with Gasteiger partial charge in [-0.25, -0.2) is 27.5 Å². The molecule has 2 aromatic rings. The number of alkyl halides is 2. The van der Waals surface area contributed by atoms with E-state index in [1.165, 1.54) is 12.4 Å².